The lowest BCUT2D eigenvalue weighted by molar-refractivity contribution is 0.765. The summed E-state index contributed by atoms with van der Waals surface area (Å²) >= 11 is 7.07. The minimum Gasteiger partial charge on any atom is -0.369 e. The Bertz CT molecular complexity index is 652. The lowest BCUT2D eigenvalue weighted by Gasteiger charge is -2.27. The first-order chi connectivity index (χ1) is 9.66. The molecule has 2 aromatic rings. The summed E-state index contributed by atoms with van der Waals surface area (Å²) in [6.07, 6.45) is 0. The molecule has 0 aliphatic carbocycles. The topological polar surface area (TPSA) is 41.6 Å². The van der Waals surface area contributed by atoms with Gasteiger partial charge in [-0.05, 0) is 35.9 Å². The molecule has 1 aliphatic heterocycles. The van der Waals surface area contributed by atoms with Crippen LogP contribution in [0.2, 0.25) is 0 Å². The quantitative estimate of drug-likeness (QED) is 0.833. The monoisotopic (exact) mass is 393 g/mol. The van der Waals surface area contributed by atoms with Crippen LogP contribution in [0.5, 0.6) is 0 Å². The molecule has 0 radical (unpaired) electrons. The second kappa shape index (κ2) is 5.58. The van der Waals surface area contributed by atoms with Crippen molar-refractivity contribution < 1.29 is 0 Å². The van der Waals surface area contributed by atoms with E-state index in [1.54, 1.807) is 0 Å². The molecule has 3 nitrogen and oxygen atoms in total. The molecule has 0 fully saturated rings. The van der Waals surface area contributed by atoms with E-state index in [0.717, 1.165) is 14.6 Å². The molecule has 0 bridgehead atoms. The van der Waals surface area contributed by atoms with Crippen LogP contribution in [-0.2, 0) is 0 Å². The molecule has 0 saturated carbocycles. The van der Waals surface area contributed by atoms with Gasteiger partial charge in [-0.2, -0.15) is 0 Å². The minimum absolute atomic E-state index is 0.131. The Balaban J connectivity index is 2.01. The number of halogens is 2. The van der Waals surface area contributed by atoms with Crippen LogP contribution in [0.25, 0.3) is 0 Å². The van der Waals surface area contributed by atoms with Crippen molar-refractivity contribution in [2.45, 2.75) is 6.04 Å². The fourth-order valence-electron chi connectivity index (χ4n) is 2.39. The molecule has 0 amide bonds. The largest absolute Gasteiger partial charge is 0.369 e. The molecule has 0 saturated heterocycles. The third-order valence-corrected chi connectivity index (χ3v) is 4.60. The van der Waals surface area contributed by atoms with Gasteiger partial charge in [0.25, 0.3) is 0 Å². The van der Waals surface area contributed by atoms with Crippen molar-refractivity contribution in [2.24, 2.45) is 10.7 Å². The maximum Gasteiger partial charge on any atom is 0.196 e. The highest BCUT2D eigenvalue weighted by atomic mass is 79.9. The second-order valence-corrected chi connectivity index (χ2v) is 6.35. The van der Waals surface area contributed by atoms with E-state index >= 15 is 0 Å². The second-order valence-electron chi connectivity index (χ2n) is 4.58. The van der Waals surface area contributed by atoms with Gasteiger partial charge in [0.1, 0.15) is 0 Å². The van der Waals surface area contributed by atoms with Crippen LogP contribution in [0, 0.1) is 0 Å². The summed E-state index contributed by atoms with van der Waals surface area (Å²) < 4.78 is 2.13. The van der Waals surface area contributed by atoms with Gasteiger partial charge >= 0.3 is 0 Å². The average molecular weight is 395 g/mol. The number of anilines is 1. The first-order valence-corrected chi connectivity index (χ1v) is 7.84. The summed E-state index contributed by atoms with van der Waals surface area (Å²) in [7, 11) is 0. The van der Waals surface area contributed by atoms with Crippen LogP contribution in [-0.4, -0.2) is 12.5 Å². The smallest absolute Gasteiger partial charge is 0.196 e. The highest BCUT2D eigenvalue weighted by Gasteiger charge is 2.29. The zero-order valence-electron chi connectivity index (χ0n) is 10.6. The first kappa shape index (κ1) is 13.6. The minimum atomic E-state index is 0.131. The van der Waals surface area contributed by atoms with Crippen LogP contribution in [0.3, 0.4) is 0 Å². The lowest BCUT2D eigenvalue weighted by Crippen LogP contribution is -2.36. The van der Waals surface area contributed by atoms with Crippen molar-refractivity contribution in [3.05, 3.63) is 63.0 Å². The summed E-state index contributed by atoms with van der Waals surface area (Å²) in [6.45, 7) is 0.671. The summed E-state index contributed by atoms with van der Waals surface area (Å²) in [5.74, 6) is 0.563. The molecule has 0 spiro atoms. The number of benzene rings is 2. The third kappa shape index (κ3) is 2.47. The average Bonchev–Trinajstić information content (AvgIpc) is 2.82. The summed E-state index contributed by atoms with van der Waals surface area (Å²) in [5.41, 5.74) is 8.32. The van der Waals surface area contributed by atoms with Crippen molar-refractivity contribution in [3.8, 4) is 0 Å². The van der Waals surface area contributed by atoms with E-state index in [1.807, 2.05) is 42.5 Å². The lowest BCUT2D eigenvalue weighted by atomic mass is 10.1. The van der Waals surface area contributed by atoms with Crippen molar-refractivity contribution >= 4 is 43.5 Å². The molecule has 1 heterocycles. The highest BCUT2D eigenvalue weighted by molar-refractivity contribution is 9.10. The number of hydrogen-bond donors (Lipinski definition) is 1. The molecule has 20 heavy (non-hydrogen) atoms. The van der Waals surface area contributed by atoms with E-state index in [1.165, 1.54) is 5.56 Å². The Morgan fingerprint density at radius 2 is 1.75 bits per heavy atom. The molecule has 102 valence electrons. The molecule has 1 aliphatic rings. The van der Waals surface area contributed by atoms with Crippen LogP contribution in [0.15, 0.2) is 62.5 Å². The zero-order chi connectivity index (χ0) is 14.1. The summed E-state index contributed by atoms with van der Waals surface area (Å²) in [6, 6.07) is 16.4. The van der Waals surface area contributed by atoms with E-state index in [-0.39, 0.29) is 6.04 Å². The Kier molecular flexibility index (Phi) is 3.81. The maximum absolute atomic E-state index is 6.08. The standard InChI is InChI=1S/C15H13Br2N3/c16-10-5-7-11(8-6-10)20-14(9-19-15(20)18)12-3-1-2-4-13(12)17/h1-8,14H,9H2,(H2,18,19). The fraction of sp³-hybridized carbons (Fsp3) is 0.133. The molecular weight excluding hydrogens is 382 g/mol. The number of hydrogen-bond acceptors (Lipinski definition) is 3. The van der Waals surface area contributed by atoms with Gasteiger partial charge in [-0.15, -0.1) is 0 Å². The van der Waals surface area contributed by atoms with Crippen molar-refractivity contribution in [3.63, 3.8) is 0 Å². The molecule has 3 rings (SSSR count). The summed E-state index contributed by atoms with van der Waals surface area (Å²) in [4.78, 5) is 6.48. The van der Waals surface area contributed by atoms with Crippen LogP contribution < -0.4 is 10.6 Å². The molecule has 2 N–H and O–H groups in total. The van der Waals surface area contributed by atoms with Crippen molar-refractivity contribution in [1.82, 2.24) is 0 Å². The van der Waals surface area contributed by atoms with Crippen molar-refractivity contribution in [2.75, 3.05) is 11.4 Å². The zero-order valence-corrected chi connectivity index (χ0v) is 13.8. The first-order valence-electron chi connectivity index (χ1n) is 6.26. The molecule has 5 heteroatoms. The fourth-order valence-corrected chi connectivity index (χ4v) is 3.21. The Morgan fingerprint density at radius 1 is 1.05 bits per heavy atom. The number of nitrogens with zero attached hydrogens (tertiary/aromatic N) is 2. The maximum atomic E-state index is 6.08. The van der Waals surface area contributed by atoms with E-state index in [9.17, 15) is 0 Å². The molecule has 0 aromatic heterocycles. The van der Waals surface area contributed by atoms with Crippen molar-refractivity contribution in [1.29, 1.82) is 0 Å². The number of rotatable bonds is 2. The van der Waals surface area contributed by atoms with Gasteiger partial charge in [0.05, 0.1) is 12.6 Å². The summed E-state index contributed by atoms with van der Waals surface area (Å²) in [5, 5.41) is 0. The van der Waals surface area contributed by atoms with E-state index in [4.69, 9.17) is 5.73 Å². The van der Waals surface area contributed by atoms with Crippen LogP contribution in [0.4, 0.5) is 5.69 Å². The van der Waals surface area contributed by atoms with E-state index < -0.39 is 0 Å². The normalized spacial score (nSPS) is 18.2. The number of guanidine groups is 1. The van der Waals surface area contributed by atoms with Gasteiger partial charge in [0.15, 0.2) is 5.96 Å². The predicted octanol–water partition coefficient (Wildman–Crippen LogP) is 4.09. The third-order valence-electron chi connectivity index (χ3n) is 3.35. The Labute approximate surface area is 134 Å². The molecular formula is C15H13Br2N3. The van der Waals surface area contributed by atoms with Gasteiger partial charge < -0.3 is 10.6 Å². The van der Waals surface area contributed by atoms with Gasteiger partial charge in [-0.1, -0.05) is 50.1 Å². The van der Waals surface area contributed by atoms with Gasteiger partial charge in [0, 0.05) is 14.6 Å². The Morgan fingerprint density at radius 3 is 2.45 bits per heavy atom. The van der Waals surface area contributed by atoms with Gasteiger partial charge in [0.2, 0.25) is 0 Å². The predicted molar refractivity (Wildman–Crippen MR) is 90.0 cm³/mol. The highest BCUT2D eigenvalue weighted by Crippen LogP contribution is 2.34. The Hall–Kier alpha value is -1.33. The molecule has 2 aromatic carbocycles. The van der Waals surface area contributed by atoms with Gasteiger partial charge in [-0.3, -0.25) is 4.99 Å². The van der Waals surface area contributed by atoms with Crippen LogP contribution >= 0.6 is 31.9 Å². The number of nitrogens with two attached hydrogens (primary N) is 1. The van der Waals surface area contributed by atoms with Gasteiger partial charge in [-0.25, -0.2) is 0 Å². The molecule has 1 atom stereocenters. The van der Waals surface area contributed by atoms with E-state index in [0.29, 0.717) is 12.5 Å². The number of aliphatic imine (C=N–C) groups is 1. The van der Waals surface area contributed by atoms with E-state index in [2.05, 4.69) is 47.8 Å². The molecule has 1 unspecified atom stereocenters. The van der Waals surface area contributed by atoms with Crippen LogP contribution in [0.1, 0.15) is 11.6 Å². The SMILES string of the molecule is NC1=NCC(c2ccccc2Br)N1c1ccc(Br)cc1.